The number of hydrogen-bond acceptors (Lipinski definition) is 8. The Hall–Kier alpha value is -1.71. The molecule has 0 aliphatic rings. The Kier molecular flexibility index (Phi) is 43.6. The van der Waals surface area contributed by atoms with Crippen LogP contribution < -0.4 is 5.11 Å². The Morgan fingerprint density at radius 2 is 0.738 bits per heavy atom. The number of rotatable bonds is 49. The Balaban J connectivity index is 4.22. The number of quaternary nitrogens is 1. The summed E-state index contributed by atoms with van der Waals surface area (Å²) in [6.45, 7) is 4.79. The van der Waals surface area contributed by atoms with Gasteiger partial charge in [0.05, 0.1) is 40.3 Å². The minimum Gasteiger partial charge on any atom is -0.545 e. The van der Waals surface area contributed by atoms with Crippen LogP contribution in [0, 0.1) is 0 Å². The van der Waals surface area contributed by atoms with Crippen molar-refractivity contribution < 1.29 is 42.9 Å². The van der Waals surface area contributed by atoms with E-state index in [9.17, 15) is 19.5 Å². The van der Waals surface area contributed by atoms with E-state index in [0.29, 0.717) is 17.4 Å². The van der Waals surface area contributed by atoms with Crippen molar-refractivity contribution in [1.29, 1.82) is 0 Å². The summed E-state index contributed by atoms with van der Waals surface area (Å²) in [6.07, 6.45) is 44.3. The molecule has 0 fully saturated rings. The third kappa shape index (κ3) is 46.1. The zero-order valence-electron chi connectivity index (χ0n) is 41.1. The molecule has 0 heterocycles. The molecule has 0 amide bonds. The van der Waals surface area contributed by atoms with Crippen molar-refractivity contribution in [2.45, 2.75) is 270 Å². The molecule has 0 N–H and O–H groups in total. The first kappa shape index (κ1) is 59.3. The molecule has 362 valence electrons. The number of nitrogens with zero attached hydrogens (tertiary/aromatic N) is 1. The first-order valence-corrected chi connectivity index (χ1v) is 26.2. The Morgan fingerprint density at radius 3 is 1.05 bits per heavy atom. The van der Waals surface area contributed by atoms with E-state index in [2.05, 4.69) is 13.8 Å². The summed E-state index contributed by atoms with van der Waals surface area (Å²) in [5.74, 6) is -2.26. The SMILES string of the molecule is CCCCCCCCCCCCCCCCCCCCCCCCCC(=O)OC(COC(=O)CCCCCCCCCCCCCCC)COC(OCC[N+](C)(C)C)C(=O)[O-]. The normalized spacial score (nSPS) is 12.7. The average molecular weight is 868 g/mol. The molecule has 9 nitrogen and oxygen atoms in total. The molecule has 0 bridgehead atoms. The summed E-state index contributed by atoms with van der Waals surface area (Å²) in [5, 5.41) is 11.7. The van der Waals surface area contributed by atoms with Crippen molar-refractivity contribution >= 4 is 17.9 Å². The molecular weight excluding hydrogens is 767 g/mol. The predicted octanol–water partition coefficient (Wildman–Crippen LogP) is 13.1. The lowest BCUT2D eigenvalue weighted by Crippen LogP contribution is -2.44. The number of aliphatic carboxylic acids is 1. The number of carbonyl (C=O) groups is 3. The third-order valence-electron chi connectivity index (χ3n) is 11.9. The number of carboxylic acids is 1. The molecule has 0 aliphatic heterocycles. The fourth-order valence-electron chi connectivity index (χ4n) is 7.77. The zero-order valence-corrected chi connectivity index (χ0v) is 41.1. The number of carbonyl (C=O) groups excluding carboxylic acids is 3. The molecule has 0 aliphatic carbocycles. The van der Waals surface area contributed by atoms with E-state index >= 15 is 0 Å². The molecule has 0 saturated heterocycles. The molecular formula is C52H101NO8. The highest BCUT2D eigenvalue weighted by atomic mass is 16.7. The first-order chi connectivity index (χ1) is 29.6. The second-order valence-corrected chi connectivity index (χ2v) is 19.2. The number of ether oxygens (including phenoxy) is 4. The second kappa shape index (κ2) is 44.9. The van der Waals surface area contributed by atoms with Crippen LogP contribution in [0.15, 0.2) is 0 Å². The standard InChI is InChI=1S/C52H101NO8/c1-6-8-10-12-14-16-18-20-21-22-23-24-25-26-27-28-29-31-33-35-37-39-41-43-50(55)61-48(47-60-52(51(56)57)58-45-44-53(3,4)5)46-59-49(54)42-40-38-36-34-32-30-19-17-15-13-11-9-7-2/h48,52H,6-47H2,1-5H3. The van der Waals surface area contributed by atoms with Gasteiger partial charge < -0.3 is 33.3 Å². The quantitative estimate of drug-likeness (QED) is 0.0257. The van der Waals surface area contributed by atoms with Crippen LogP contribution in [0.5, 0.6) is 0 Å². The molecule has 0 rings (SSSR count). The monoisotopic (exact) mass is 868 g/mol. The van der Waals surface area contributed by atoms with Crippen LogP contribution in [-0.4, -0.2) is 82.3 Å². The van der Waals surface area contributed by atoms with Gasteiger partial charge in [0.15, 0.2) is 12.4 Å². The number of carboxylic acid groups (broad SMARTS) is 1. The number of unbranched alkanes of at least 4 members (excludes halogenated alkanes) is 34. The summed E-state index contributed by atoms with van der Waals surface area (Å²) in [7, 11) is 5.93. The van der Waals surface area contributed by atoms with Crippen molar-refractivity contribution in [1.82, 2.24) is 0 Å². The van der Waals surface area contributed by atoms with Gasteiger partial charge in [-0.2, -0.15) is 0 Å². The maximum atomic E-state index is 12.8. The van der Waals surface area contributed by atoms with Gasteiger partial charge in [0.2, 0.25) is 0 Å². The topological polar surface area (TPSA) is 111 Å². The summed E-state index contributed by atoms with van der Waals surface area (Å²) in [5.41, 5.74) is 0. The molecule has 0 radical (unpaired) electrons. The van der Waals surface area contributed by atoms with E-state index in [1.165, 1.54) is 193 Å². The summed E-state index contributed by atoms with van der Waals surface area (Å²) >= 11 is 0. The largest absolute Gasteiger partial charge is 0.545 e. The van der Waals surface area contributed by atoms with Gasteiger partial charge in [-0.3, -0.25) is 9.59 Å². The fraction of sp³-hybridized carbons (Fsp3) is 0.942. The number of likely N-dealkylation sites (N-methyl/N-ethyl adjacent to an activating group) is 1. The molecule has 0 aromatic rings. The molecule has 0 aromatic carbocycles. The van der Waals surface area contributed by atoms with Gasteiger partial charge in [0.1, 0.15) is 13.2 Å². The van der Waals surface area contributed by atoms with Crippen molar-refractivity contribution in [3.05, 3.63) is 0 Å². The van der Waals surface area contributed by atoms with Gasteiger partial charge in [-0.05, 0) is 12.8 Å². The highest BCUT2D eigenvalue weighted by Gasteiger charge is 2.22. The lowest BCUT2D eigenvalue weighted by atomic mass is 10.0. The van der Waals surface area contributed by atoms with Crippen molar-refractivity contribution in [3.8, 4) is 0 Å². The molecule has 0 aromatic heterocycles. The molecule has 0 spiro atoms. The Labute approximate surface area is 377 Å². The fourth-order valence-corrected chi connectivity index (χ4v) is 7.77. The van der Waals surface area contributed by atoms with Crippen molar-refractivity contribution in [2.24, 2.45) is 0 Å². The van der Waals surface area contributed by atoms with Crippen LogP contribution >= 0.6 is 0 Å². The van der Waals surface area contributed by atoms with E-state index in [4.69, 9.17) is 18.9 Å². The number of hydrogen-bond donors (Lipinski definition) is 0. The van der Waals surface area contributed by atoms with Gasteiger partial charge in [0, 0.05) is 12.8 Å². The maximum absolute atomic E-state index is 12.8. The minimum atomic E-state index is -1.61. The van der Waals surface area contributed by atoms with Crippen LogP contribution in [-0.2, 0) is 33.3 Å². The van der Waals surface area contributed by atoms with Gasteiger partial charge in [0.25, 0.3) is 0 Å². The highest BCUT2D eigenvalue weighted by Crippen LogP contribution is 2.17. The highest BCUT2D eigenvalue weighted by molar-refractivity contribution is 5.70. The van der Waals surface area contributed by atoms with Crippen LogP contribution in [0.25, 0.3) is 0 Å². The number of esters is 2. The molecule has 61 heavy (non-hydrogen) atoms. The van der Waals surface area contributed by atoms with Crippen LogP contribution in [0.4, 0.5) is 0 Å². The van der Waals surface area contributed by atoms with E-state index in [1.54, 1.807) is 0 Å². The van der Waals surface area contributed by atoms with Gasteiger partial charge in [-0.1, -0.05) is 232 Å². The lowest BCUT2D eigenvalue weighted by molar-refractivity contribution is -0.870. The van der Waals surface area contributed by atoms with E-state index in [1.807, 2.05) is 21.1 Å². The second-order valence-electron chi connectivity index (χ2n) is 19.2. The Morgan fingerprint density at radius 1 is 0.426 bits per heavy atom. The van der Waals surface area contributed by atoms with E-state index in [0.717, 1.165) is 38.5 Å². The van der Waals surface area contributed by atoms with Gasteiger partial charge in [-0.25, -0.2) is 0 Å². The summed E-state index contributed by atoms with van der Waals surface area (Å²) in [6, 6.07) is 0. The predicted molar refractivity (Wildman–Crippen MR) is 251 cm³/mol. The Bertz CT molecular complexity index is 970. The van der Waals surface area contributed by atoms with Crippen LogP contribution in [0.1, 0.15) is 258 Å². The summed E-state index contributed by atoms with van der Waals surface area (Å²) < 4.78 is 22.6. The van der Waals surface area contributed by atoms with Gasteiger partial charge in [-0.15, -0.1) is 0 Å². The van der Waals surface area contributed by atoms with E-state index < -0.39 is 24.3 Å². The maximum Gasteiger partial charge on any atom is 0.306 e. The van der Waals surface area contributed by atoms with E-state index in [-0.39, 0.29) is 32.2 Å². The first-order valence-electron chi connectivity index (χ1n) is 26.2. The van der Waals surface area contributed by atoms with Crippen molar-refractivity contribution in [2.75, 3.05) is 47.5 Å². The van der Waals surface area contributed by atoms with Crippen LogP contribution in [0.3, 0.4) is 0 Å². The molecule has 2 atom stereocenters. The average Bonchev–Trinajstić information content (AvgIpc) is 3.22. The summed E-state index contributed by atoms with van der Waals surface area (Å²) in [4.78, 5) is 37.1. The van der Waals surface area contributed by atoms with Crippen molar-refractivity contribution in [3.63, 3.8) is 0 Å². The van der Waals surface area contributed by atoms with Crippen LogP contribution in [0.2, 0.25) is 0 Å². The molecule has 9 heteroatoms. The lowest BCUT2D eigenvalue weighted by Gasteiger charge is -2.26. The zero-order chi connectivity index (χ0) is 44.9. The smallest absolute Gasteiger partial charge is 0.306 e. The minimum absolute atomic E-state index is 0.153. The van der Waals surface area contributed by atoms with Gasteiger partial charge >= 0.3 is 11.9 Å². The third-order valence-corrected chi connectivity index (χ3v) is 11.9. The molecule has 2 unspecified atom stereocenters. The molecule has 0 saturated carbocycles.